The second kappa shape index (κ2) is 7.16. The molecule has 4 rings (SSSR count). The van der Waals surface area contributed by atoms with Gasteiger partial charge in [0, 0.05) is 50.7 Å². The topological polar surface area (TPSA) is 33.1 Å². The second-order valence-electron chi connectivity index (χ2n) is 6.64. The van der Waals surface area contributed by atoms with E-state index in [0.29, 0.717) is 6.04 Å². The maximum atomic E-state index is 6.20. The van der Waals surface area contributed by atoms with Crippen molar-refractivity contribution >= 4 is 22.6 Å². The number of fused-ring (bicyclic) bond motifs is 1. The molecule has 1 N–H and O–H groups in total. The van der Waals surface area contributed by atoms with Crippen molar-refractivity contribution in [3.63, 3.8) is 0 Å². The predicted molar refractivity (Wildman–Crippen MR) is 103 cm³/mol. The fraction of sp³-hybridized carbons (Fsp3) is 0.350. The Kier molecular flexibility index (Phi) is 4.75. The molecule has 25 heavy (non-hydrogen) atoms. The summed E-state index contributed by atoms with van der Waals surface area (Å²) in [5.74, 6) is 1.14. The van der Waals surface area contributed by atoms with Gasteiger partial charge in [0.15, 0.2) is 0 Å². The minimum atomic E-state index is 0.363. The number of hydrogen-bond acceptors (Lipinski definition) is 3. The fourth-order valence-corrected chi connectivity index (χ4v) is 3.92. The van der Waals surface area contributed by atoms with Gasteiger partial charge in [-0.25, -0.2) is 4.98 Å². The zero-order valence-corrected chi connectivity index (χ0v) is 15.2. The van der Waals surface area contributed by atoms with Crippen LogP contribution in [0, 0.1) is 0 Å². The van der Waals surface area contributed by atoms with Gasteiger partial charge in [-0.1, -0.05) is 35.9 Å². The Morgan fingerprint density at radius 2 is 2.08 bits per heavy atom. The first-order valence-electron chi connectivity index (χ1n) is 8.83. The lowest BCUT2D eigenvalue weighted by atomic mass is 10.0. The first-order chi connectivity index (χ1) is 12.2. The minimum absolute atomic E-state index is 0.363. The monoisotopic (exact) mass is 354 g/mol. The van der Waals surface area contributed by atoms with Crippen LogP contribution in [0.15, 0.2) is 48.5 Å². The summed E-state index contributed by atoms with van der Waals surface area (Å²) in [6, 6.07) is 16.9. The van der Waals surface area contributed by atoms with Crippen LogP contribution in [0.2, 0.25) is 5.02 Å². The summed E-state index contributed by atoms with van der Waals surface area (Å²) in [5.41, 5.74) is 3.56. The summed E-state index contributed by atoms with van der Waals surface area (Å²) in [4.78, 5) is 7.35. The van der Waals surface area contributed by atoms with Crippen molar-refractivity contribution in [2.24, 2.45) is 7.05 Å². The van der Waals surface area contributed by atoms with Gasteiger partial charge in [0.05, 0.1) is 11.0 Å². The van der Waals surface area contributed by atoms with Crippen molar-refractivity contribution in [2.45, 2.75) is 12.5 Å². The molecule has 1 aromatic heterocycles. The van der Waals surface area contributed by atoms with E-state index in [1.807, 2.05) is 18.2 Å². The lowest BCUT2D eigenvalue weighted by molar-refractivity contribution is 0.163. The molecule has 1 saturated heterocycles. The van der Waals surface area contributed by atoms with Crippen molar-refractivity contribution in [3.8, 4) is 0 Å². The normalized spacial score (nSPS) is 18.7. The van der Waals surface area contributed by atoms with Crippen molar-refractivity contribution in [1.82, 2.24) is 19.8 Å². The largest absolute Gasteiger partial charge is 0.331 e. The van der Waals surface area contributed by atoms with E-state index in [1.165, 1.54) is 11.1 Å². The number of nitrogens with zero attached hydrogens (tertiary/aromatic N) is 3. The molecule has 130 valence electrons. The molecule has 0 radical (unpaired) electrons. The highest BCUT2D eigenvalue weighted by atomic mass is 35.5. The van der Waals surface area contributed by atoms with Crippen LogP contribution in [-0.2, 0) is 13.5 Å². The molecule has 1 fully saturated rings. The number of aryl methyl sites for hydroxylation is 1. The average Bonchev–Trinajstić information content (AvgIpc) is 2.96. The molecule has 0 saturated carbocycles. The Morgan fingerprint density at radius 3 is 2.92 bits per heavy atom. The van der Waals surface area contributed by atoms with Gasteiger partial charge in [-0.3, -0.25) is 4.90 Å². The number of piperazine rings is 1. The van der Waals surface area contributed by atoms with Gasteiger partial charge in [0.2, 0.25) is 0 Å². The SMILES string of the molecule is Cn1c(CCN2CCNCC2c2cccc(Cl)c2)nc2ccccc21. The predicted octanol–water partition coefficient (Wildman–Crippen LogP) is 3.42. The Morgan fingerprint density at radius 1 is 1.20 bits per heavy atom. The van der Waals surface area contributed by atoms with Crippen LogP contribution in [0.1, 0.15) is 17.4 Å². The Bertz CT molecular complexity index is 873. The van der Waals surface area contributed by atoms with Crippen LogP contribution in [0.5, 0.6) is 0 Å². The van der Waals surface area contributed by atoms with E-state index in [9.17, 15) is 0 Å². The third kappa shape index (κ3) is 3.43. The van der Waals surface area contributed by atoms with E-state index in [4.69, 9.17) is 16.6 Å². The quantitative estimate of drug-likeness (QED) is 0.779. The third-order valence-electron chi connectivity index (χ3n) is 5.09. The first kappa shape index (κ1) is 16.6. The highest BCUT2D eigenvalue weighted by molar-refractivity contribution is 6.30. The summed E-state index contributed by atoms with van der Waals surface area (Å²) in [6.07, 6.45) is 0.947. The number of nitrogens with one attached hydrogen (secondary N) is 1. The van der Waals surface area contributed by atoms with Gasteiger partial charge < -0.3 is 9.88 Å². The molecule has 1 aliphatic heterocycles. The number of imidazole rings is 1. The molecule has 5 heteroatoms. The molecular weight excluding hydrogens is 332 g/mol. The Hall–Kier alpha value is -1.88. The van der Waals surface area contributed by atoms with Crippen molar-refractivity contribution in [1.29, 1.82) is 0 Å². The molecular formula is C20H23ClN4. The standard InChI is InChI=1S/C20H23ClN4/c1-24-18-8-3-2-7-17(18)23-20(24)9-11-25-12-10-22-14-19(25)15-5-4-6-16(21)13-15/h2-8,13,19,22H,9-12,14H2,1H3. The van der Waals surface area contributed by atoms with Crippen LogP contribution < -0.4 is 5.32 Å². The summed E-state index contributed by atoms with van der Waals surface area (Å²) in [6.45, 7) is 4.03. The molecule has 0 bridgehead atoms. The van der Waals surface area contributed by atoms with Gasteiger partial charge >= 0.3 is 0 Å². The average molecular weight is 355 g/mol. The molecule has 0 amide bonds. The Labute approximate surface area is 153 Å². The van der Waals surface area contributed by atoms with Gasteiger partial charge in [0.1, 0.15) is 5.82 Å². The number of benzene rings is 2. The van der Waals surface area contributed by atoms with Crippen LogP contribution in [0.4, 0.5) is 0 Å². The number of halogens is 1. The van der Waals surface area contributed by atoms with E-state index in [1.54, 1.807) is 0 Å². The van der Waals surface area contributed by atoms with E-state index in [0.717, 1.165) is 49.0 Å². The number of hydrogen-bond donors (Lipinski definition) is 1. The molecule has 1 unspecified atom stereocenters. The summed E-state index contributed by atoms with van der Waals surface area (Å²) in [5, 5.41) is 4.31. The summed E-state index contributed by atoms with van der Waals surface area (Å²) < 4.78 is 2.21. The molecule has 0 aliphatic carbocycles. The highest BCUT2D eigenvalue weighted by Gasteiger charge is 2.24. The molecule has 4 nitrogen and oxygen atoms in total. The van der Waals surface area contributed by atoms with Crippen molar-refractivity contribution < 1.29 is 0 Å². The Balaban J connectivity index is 1.52. The number of aromatic nitrogens is 2. The fourth-order valence-electron chi connectivity index (χ4n) is 3.72. The van der Waals surface area contributed by atoms with Gasteiger partial charge in [-0.15, -0.1) is 0 Å². The second-order valence-corrected chi connectivity index (χ2v) is 7.07. The van der Waals surface area contributed by atoms with E-state index < -0.39 is 0 Å². The van der Waals surface area contributed by atoms with E-state index in [-0.39, 0.29) is 0 Å². The van der Waals surface area contributed by atoms with Gasteiger partial charge in [0.25, 0.3) is 0 Å². The lowest BCUT2D eigenvalue weighted by Crippen LogP contribution is -2.46. The van der Waals surface area contributed by atoms with E-state index in [2.05, 4.69) is 52.2 Å². The third-order valence-corrected chi connectivity index (χ3v) is 5.33. The molecule has 2 heterocycles. The van der Waals surface area contributed by atoms with Gasteiger partial charge in [-0.05, 0) is 29.8 Å². The molecule has 2 aromatic carbocycles. The maximum Gasteiger partial charge on any atom is 0.110 e. The van der Waals surface area contributed by atoms with Crippen molar-refractivity contribution in [2.75, 3.05) is 26.2 Å². The number of rotatable bonds is 4. The molecule has 3 aromatic rings. The zero-order valence-electron chi connectivity index (χ0n) is 14.5. The molecule has 0 spiro atoms. The van der Waals surface area contributed by atoms with Crippen LogP contribution in [0.3, 0.4) is 0 Å². The van der Waals surface area contributed by atoms with Crippen LogP contribution in [-0.4, -0.2) is 40.6 Å². The minimum Gasteiger partial charge on any atom is -0.331 e. The lowest BCUT2D eigenvalue weighted by Gasteiger charge is -2.36. The summed E-state index contributed by atoms with van der Waals surface area (Å²) in [7, 11) is 2.11. The summed E-state index contributed by atoms with van der Waals surface area (Å²) >= 11 is 6.20. The smallest absolute Gasteiger partial charge is 0.110 e. The highest BCUT2D eigenvalue weighted by Crippen LogP contribution is 2.25. The van der Waals surface area contributed by atoms with Crippen LogP contribution >= 0.6 is 11.6 Å². The molecule has 1 aliphatic rings. The van der Waals surface area contributed by atoms with Gasteiger partial charge in [-0.2, -0.15) is 0 Å². The van der Waals surface area contributed by atoms with Crippen molar-refractivity contribution in [3.05, 3.63) is 64.9 Å². The zero-order chi connectivity index (χ0) is 17.2. The van der Waals surface area contributed by atoms with E-state index >= 15 is 0 Å². The first-order valence-corrected chi connectivity index (χ1v) is 9.21. The molecule has 1 atom stereocenters. The number of para-hydroxylation sites is 2. The van der Waals surface area contributed by atoms with Crippen LogP contribution in [0.25, 0.3) is 11.0 Å². The maximum absolute atomic E-state index is 6.20.